The SMILES string of the molecule is C=CC(=O)N1[C@H](C)CN(c2nc(=O)n3c4c(c(-c5ccc(F)cc5F)c(C(F)(F)F)cc24)SC[C@@H](N2C=CC=CC2O)C3)C[C@@H]1C. The lowest BCUT2D eigenvalue weighted by atomic mass is 9.95. The molecule has 0 bridgehead atoms. The third kappa shape index (κ3) is 5.46. The van der Waals surface area contributed by atoms with Gasteiger partial charge >= 0.3 is 11.9 Å². The number of amides is 1. The fraction of sp³-hybridized carbons (Fsp3) is 0.344. The van der Waals surface area contributed by atoms with Crippen molar-refractivity contribution in [3.8, 4) is 11.1 Å². The van der Waals surface area contributed by atoms with Gasteiger partial charge in [0.2, 0.25) is 5.91 Å². The average Bonchev–Trinajstić information content (AvgIpc) is 3.19. The van der Waals surface area contributed by atoms with Crippen molar-refractivity contribution >= 4 is 34.4 Å². The highest BCUT2D eigenvalue weighted by Gasteiger charge is 2.41. The van der Waals surface area contributed by atoms with E-state index >= 15 is 4.39 Å². The summed E-state index contributed by atoms with van der Waals surface area (Å²) in [4.78, 5) is 35.6. The average molecular weight is 660 g/mol. The first kappa shape index (κ1) is 31.8. The molecule has 0 aliphatic carbocycles. The Kier molecular flexibility index (Phi) is 8.21. The summed E-state index contributed by atoms with van der Waals surface area (Å²) in [5.74, 6) is -2.30. The topological polar surface area (TPSA) is 81.9 Å². The first-order valence-corrected chi connectivity index (χ1v) is 15.6. The summed E-state index contributed by atoms with van der Waals surface area (Å²) in [5, 5.41) is 10.7. The molecule has 0 radical (unpaired) electrons. The van der Waals surface area contributed by atoms with Crippen LogP contribution in [0.3, 0.4) is 0 Å². The number of carbonyl (C=O) groups is 1. The molecule has 2 aromatic carbocycles. The Morgan fingerprint density at radius 2 is 1.83 bits per heavy atom. The van der Waals surface area contributed by atoms with Crippen LogP contribution in [-0.2, 0) is 17.5 Å². The highest BCUT2D eigenvalue weighted by Crippen LogP contribution is 2.49. The third-order valence-corrected chi connectivity index (χ3v) is 9.78. The van der Waals surface area contributed by atoms with E-state index in [0.29, 0.717) is 6.07 Å². The van der Waals surface area contributed by atoms with Crippen LogP contribution < -0.4 is 10.6 Å². The van der Waals surface area contributed by atoms with Crippen LogP contribution in [0.25, 0.3) is 22.0 Å². The quantitative estimate of drug-likeness (QED) is 0.307. The molecule has 0 saturated carbocycles. The molecule has 1 amide bonds. The first-order chi connectivity index (χ1) is 21.8. The summed E-state index contributed by atoms with van der Waals surface area (Å²) in [5.41, 5.74) is -2.75. The van der Waals surface area contributed by atoms with Gasteiger partial charge in [0.15, 0.2) is 0 Å². The van der Waals surface area contributed by atoms with Gasteiger partial charge in [-0.1, -0.05) is 12.7 Å². The predicted octanol–water partition coefficient (Wildman–Crippen LogP) is 5.15. The van der Waals surface area contributed by atoms with Crippen LogP contribution in [0, 0.1) is 11.6 Å². The van der Waals surface area contributed by atoms with Gasteiger partial charge < -0.3 is 19.8 Å². The number of halogens is 5. The largest absolute Gasteiger partial charge is 0.417 e. The Morgan fingerprint density at radius 1 is 1.11 bits per heavy atom. The van der Waals surface area contributed by atoms with Crippen LogP contribution in [0.15, 0.2) is 71.0 Å². The number of aliphatic hydroxyl groups excluding tert-OH is 1. The molecule has 0 spiro atoms. The monoisotopic (exact) mass is 659 g/mol. The van der Waals surface area contributed by atoms with E-state index in [2.05, 4.69) is 11.6 Å². The van der Waals surface area contributed by atoms with Gasteiger partial charge in [0.1, 0.15) is 23.7 Å². The Morgan fingerprint density at radius 3 is 2.46 bits per heavy atom. The summed E-state index contributed by atoms with van der Waals surface area (Å²) in [6, 6.07) is 1.90. The van der Waals surface area contributed by atoms with Gasteiger partial charge in [0.05, 0.1) is 17.1 Å². The van der Waals surface area contributed by atoms with E-state index in [9.17, 15) is 32.3 Å². The van der Waals surface area contributed by atoms with Crippen LogP contribution in [0.2, 0.25) is 0 Å². The predicted molar refractivity (Wildman–Crippen MR) is 165 cm³/mol. The number of anilines is 1. The van der Waals surface area contributed by atoms with Gasteiger partial charge in [-0.25, -0.2) is 13.6 Å². The Bertz CT molecular complexity index is 1850. The Balaban J connectivity index is 1.63. The van der Waals surface area contributed by atoms with Crippen LogP contribution in [0.4, 0.5) is 27.8 Å². The first-order valence-electron chi connectivity index (χ1n) is 14.6. The highest BCUT2D eigenvalue weighted by atomic mass is 32.2. The lowest BCUT2D eigenvalue weighted by Crippen LogP contribution is -2.58. The van der Waals surface area contributed by atoms with Gasteiger partial charge in [0.25, 0.3) is 0 Å². The van der Waals surface area contributed by atoms with Crippen LogP contribution >= 0.6 is 11.8 Å². The normalized spacial score (nSPS) is 23.2. The number of allylic oxidation sites excluding steroid dienone is 2. The number of rotatable bonds is 4. The number of piperazine rings is 1. The molecule has 1 saturated heterocycles. The number of hydrogen-bond donors (Lipinski definition) is 1. The van der Waals surface area contributed by atoms with Crippen LogP contribution in [0.5, 0.6) is 0 Å². The van der Waals surface area contributed by atoms with Gasteiger partial charge in [-0.2, -0.15) is 18.2 Å². The second-order valence-electron chi connectivity index (χ2n) is 11.6. The minimum Gasteiger partial charge on any atom is -0.370 e. The maximum Gasteiger partial charge on any atom is 0.417 e. The standard InChI is InChI=1S/C32H30F5N5O3S/c1-4-25(43)42-17(2)13-39(14-18(42)3)30-22-12-23(32(35,36)37)27(21-9-8-19(33)11-24(21)34)29-28(22)41(31(45)38-30)15-20(16-46-29)40-10-6-5-7-26(40)44/h4-12,17-18,20,26,44H,1,13-16H2,2-3H3/t17-,18+,20-,26?/m0/s1. The molecule has 1 unspecified atom stereocenters. The molecule has 1 aromatic heterocycles. The summed E-state index contributed by atoms with van der Waals surface area (Å²) in [7, 11) is 0. The molecular weight excluding hydrogens is 629 g/mol. The molecule has 1 N–H and O–H groups in total. The maximum atomic E-state index is 15.3. The summed E-state index contributed by atoms with van der Waals surface area (Å²) >= 11 is 1.00. The van der Waals surface area contributed by atoms with Crippen LogP contribution in [-0.4, -0.2) is 73.6 Å². The lowest BCUT2D eigenvalue weighted by molar-refractivity contribution is -0.137. The van der Waals surface area contributed by atoms with E-state index in [1.54, 1.807) is 46.9 Å². The number of hydrogen-bond acceptors (Lipinski definition) is 7. The zero-order chi connectivity index (χ0) is 33.1. The Labute approximate surface area is 265 Å². The molecule has 1 fully saturated rings. The number of thioether (sulfide) groups is 1. The molecule has 8 nitrogen and oxygen atoms in total. The lowest BCUT2D eigenvalue weighted by Gasteiger charge is -2.44. The zero-order valence-electron chi connectivity index (χ0n) is 24.8. The second kappa shape index (κ2) is 11.9. The molecule has 14 heteroatoms. The van der Waals surface area contributed by atoms with Crippen molar-refractivity contribution in [2.75, 3.05) is 23.7 Å². The van der Waals surface area contributed by atoms with E-state index in [1.165, 1.54) is 16.7 Å². The fourth-order valence-corrected chi connectivity index (χ4v) is 7.98. The molecule has 4 heterocycles. The number of aliphatic hydroxyl groups is 1. The van der Waals surface area contributed by atoms with Crippen molar-refractivity contribution in [3.05, 3.63) is 89.0 Å². The summed E-state index contributed by atoms with van der Waals surface area (Å²) in [6.45, 7) is 7.44. The van der Waals surface area contributed by atoms with Gasteiger partial charge in [0, 0.05) is 71.1 Å². The maximum absolute atomic E-state index is 15.3. The molecule has 46 heavy (non-hydrogen) atoms. The van der Waals surface area contributed by atoms with Gasteiger partial charge in [-0.3, -0.25) is 9.36 Å². The molecule has 3 aliphatic rings. The molecule has 4 atom stereocenters. The van der Waals surface area contributed by atoms with E-state index in [1.807, 2.05) is 0 Å². The number of nitrogens with zero attached hydrogens (tertiary/aromatic N) is 5. The number of alkyl halides is 3. The van der Waals surface area contributed by atoms with E-state index in [-0.39, 0.29) is 52.9 Å². The van der Waals surface area contributed by atoms with Crippen molar-refractivity contribution in [1.29, 1.82) is 0 Å². The van der Waals surface area contributed by atoms with Gasteiger partial charge in [-0.05, 0) is 50.3 Å². The third-order valence-electron chi connectivity index (χ3n) is 8.55. The summed E-state index contributed by atoms with van der Waals surface area (Å²) < 4.78 is 75.4. The highest BCUT2D eigenvalue weighted by molar-refractivity contribution is 7.99. The smallest absolute Gasteiger partial charge is 0.370 e. The minimum atomic E-state index is -4.97. The van der Waals surface area contributed by atoms with Crippen molar-refractivity contribution in [1.82, 2.24) is 19.4 Å². The zero-order valence-corrected chi connectivity index (χ0v) is 25.7. The second-order valence-corrected chi connectivity index (χ2v) is 12.6. The molecule has 242 valence electrons. The minimum absolute atomic E-state index is 0.00817. The van der Waals surface area contributed by atoms with Crippen molar-refractivity contribution in [3.63, 3.8) is 0 Å². The fourth-order valence-electron chi connectivity index (χ4n) is 6.62. The van der Waals surface area contributed by atoms with Crippen molar-refractivity contribution in [2.45, 2.75) is 55.8 Å². The van der Waals surface area contributed by atoms with Crippen molar-refractivity contribution in [2.24, 2.45) is 0 Å². The number of carbonyl (C=O) groups excluding carboxylic acids is 1. The Hall–Kier alpha value is -4.17. The molecule has 3 aromatic rings. The molecule has 6 rings (SSSR count). The molecular formula is C32H30F5N5O3S. The summed E-state index contributed by atoms with van der Waals surface area (Å²) in [6.07, 6.45) is 1.67. The van der Waals surface area contributed by atoms with E-state index < -0.39 is 64.5 Å². The van der Waals surface area contributed by atoms with Crippen molar-refractivity contribution < 1.29 is 31.9 Å². The van der Waals surface area contributed by atoms with Crippen LogP contribution in [0.1, 0.15) is 19.4 Å². The number of aromatic nitrogens is 2. The van der Waals surface area contributed by atoms with E-state index in [4.69, 9.17) is 0 Å². The molecule has 3 aliphatic heterocycles. The number of benzene rings is 2. The van der Waals surface area contributed by atoms with E-state index in [0.717, 1.165) is 30.0 Å². The van der Waals surface area contributed by atoms with Gasteiger partial charge in [-0.15, -0.1) is 11.8 Å².